The number of rotatable bonds is 5. The molecule has 0 bridgehead atoms. The van der Waals surface area contributed by atoms with Crippen molar-refractivity contribution in [2.75, 3.05) is 20.0 Å². The van der Waals surface area contributed by atoms with Crippen molar-refractivity contribution in [2.24, 2.45) is 5.92 Å². The monoisotopic (exact) mass is 270 g/mol. The van der Waals surface area contributed by atoms with E-state index in [4.69, 9.17) is 0 Å². The minimum absolute atomic E-state index is 0.147. The maximum Gasteiger partial charge on any atom is 0.358 e. The fraction of sp³-hybridized carbons (Fsp3) is 0.455. The first-order chi connectivity index (χ1) is 8.58. The molecule has 98 valence electrons. The Bertz CT molecular complexity index is 439. The van der Waals surface area contributed by atoms with E-state index in [1.54, 1.807) is 6.92 Å². The number of esters is 2. The lowest BCUT2D eigenvalue weighted by Crippen LogP contribution is -2.15. The Morgan fingerprint density at radius 1 is 1.33 bits per heavy atom. The molecule has 0 saturated carbocycles. The van der Waals surface area contributed by atoms with E-state index in [9.17, 15) is 9.59 Å². The van der Waals surface area contributed by atoms with Crippen molar-refractivity contribution in [3.05, 3.63) is 18.1 Å². The summed E-state index contributed by atoms with van der Waals surface area (Å²) in [5, 5.41) is 0.564. The molecular formula is C11H14N2O4S. The number of thioether (sulfide) groups is 1. The number of nitrogens with zero attached hydrogens (tertiary/aromatic N) is 2. The summed E-state index contributed by atoms with van der Waals surface area (Å²) in [7, 11) is 2.63. The van der Waals surface area contributed by atoms with Crippen molar-refractivity contribution < 1.29 is 19.1 Å². The van der Waals surface area contributed by atoms with Crippen molar-refractivity contribution >= 4 is 23.7 Å². The largest absolute Gasteiger partial charge is 0.469 e. The van der Waals surface area contributed by atoms with Crippen LogP contribution in [0.1, 0.15) is 17.4 Å². The predicted octanol–water partition coefficient (Wildman–Crippen LogP) is 1.16. The third-order valence-corrected chi connectivity index (χ3v) is 3.25. The molecule has 6 nitrogen and oxygen atoms in total. The third-order valence-electron chi connectivity index (χ3n) is 2.09. The molecule has 0 N–H and O–H groups in total. The lowest BCUT2D eigenvalue weighted by molar-refractivity contribution is -0.143. The van der Waals surface area contributed by atoms with Crippen LogP contribution in [-0.4, -0.2) is 41.9 Å². The highest BCUT2D eigenvalue weighted by atomic mass is 32.2. The smallest absolute Gasteiger partial charge is 0.358 e. The molecule has 0 aromatic carbocycles. The summed E-state index contributed by atoms with van der Waals surface area (Å²) >= 11 is 1.33. The Kier molecular flexibility index (Phi) is 5.57. The highest BCUT2D eigenvalue weighted by Gasteiger charge is 2.15. The Morgan fingerprint density at radius 3 is 2.67 bits per heavy atom. The van der Waals surface area contributed by atoms with Crippen molar-refractivity contribution in [1.29, 1.82) is 0 Å². The second kappa shape index (κ2) is 6.95. The van der Waals surface area contributed by atoms with Crippen LogP contribution in [0, 0.1) is 5.92 Å². The Morgan fingerprint density at radius 2 is 2.06 bits per heavy atom. The molecular weight excluding hydrogens is 256 g/mol. The SMILES string of the molecule is COC(=O)c1cncc(SCC(C)C(=O)OC)n1. The molecule has 0 spiro atoms. The van der Waals surface area contributed by atoms with Gasteiger partial charge in [0.05, 0.1) is 32.5 Å². The summed E-state index contributed by atoms with van der Waals surface area (Å²) in [4.78, 5) is 30.4. The normalized spacial score (nSPS) is 11.7. The molecule has 0 aliphatic carbocycles. The van der Waals surface area contributed by atoms with Gasteiger partial charge in [-0.1, -0.05) is 6.92 Å². The van der Waals surface area contributed by atoms with E-state index in [0.29, 0.717) is 10.8 Å². The molecule has 1 aromatic rings. The Labute approximate surface area is 109 Å². The summed E-state index contributed by atoms with van der Waals surface area (Å²) in [6.07, 6.45) is 2.86. The van der Waals surface area contributed by atoms with Crippen LogP contribution in [0.25, 0.3) is 0 Å². The molecule has 1 rings (SSSR count). The Balaban J connectivity index is 2.63. The molecule has 18 heavy (non-hydrogen) atoms. The number of hydrogen-bond donors (Lipinski definition) is 0. The minimum Gasteiger partial charge on any atom is -0.469 e. The standard InChI is InChI=1S/C11H14N2O4S/c1-7(10(14)16-2)6-18-9-5-12-4-8(13-9)11(15)17-3/h4-5,7H,6H2,1-3H3. The van der Waals surface area contributed by atoms with Gasteiger partial charge in [-0.05, 0) is 0 Å². The fourth-order valence-corrected chi connectivity index (χ4v) is 1.96. The average Bonchev–Trinajstić information content (AvgIpc) is 2.43. The molecule has 1 heterocycles. The summed E-state index contributed by atoms with van der Waals surface area (Å²) in [6, 6.07) is 0. The molecule has 1 unspecified atom stereocenters. The quantitative estimate of drug-likeness (QED) is 0.587. The lowest BCUT2D eigenvalue weighted by Gasteiger charge is -2.08. The number of carbonyl (C=O) groups excluding carboxylic acids is 2. The van der Waals surface area contributed by atoms with E-state index in [-0.39, 0.29) is 17.6 Å². The number of aromatic nitrogens is 2. The summed E-state index contributed by atoms with van der Waals surface area (Å²) < 4.78 is 9.17. The molecule has 7 heteroatoms. The van der Waals surface area contributed by atoms with Crippen LogP contribution >= 0.6 is 11.8 Å². The van der Waals surface area contributed by atoms with Gasteiger partial charge in [0.25, 0.3) is 0 Å². The first-order valence-electron chi connectivity index (χ1n) is 5.19. The van der Waals surface area contributed by atoms with Gasteiger partial charge in [-0.3, -0.25) is 9.78 Å². The molecule has 0 aliphatic heterocycles. The first kappa shape index (κ1) is 14.4. The zero-order chi connectivity index (χ0) is 13.5. The highest BCUT2D eigenvalue weighted by molar-refractivity contribution is 7.99. The molecule has 0 saturated heterocycles. The van der Waals surface area contributed by atoms with Gasteiger partial charge in [-0.25, -0.2) is 9.78 Å². The van der Waals surface area contributed by atoms with Crippen molar-refractivity contribution in [3.8, 4) is 0 Å². The van der Waals surface area contributed by atoms with Crippen LogP contribution in [0.3, 0.4) is 0 Å². The maximum atomic E-state index is 11.3. The van der Waals surface area contributed by atoms with Crippen molar-refractivity contribution in [2.45, 2.75) is 11.9 Å². The van der Waals surface area contributed by atoms with Gasteiger partial charge in [0.15, 0.2) is 5.69 Å². The van der Waals surface area contributed by atoms with Gasteiger partial charge in [0, 0.05) is 5.75 Å². The van der Waals surface area contributed by atoms with Crippen LogP contribution in [-0.2, 0) is 14.3 Å². The highest BCUT2D eigenvalue weighted by Crippen LogP contribution is 2.18. The van der Waals surface area contributed by atoms with E-state index in [1.807, 2.05) is 0 Å². The fourth-order valence-electron chi connectivity index (χ4n) is 1.10. The zero-order valence-corrected chi connectivity index (χ0v) is 11.2. The van der Waals surface area contributed by atoms with E-state index >= 15 is 0 Å². The average molecular weight is 270 g/mol. The van der Waals surface area contributed by atoms with Gasteiger partial charge in [0.2, 0.25) is 0 Å². The van der Waals surface area contributed by atoms with Gasteiger partial charge >= 0.3 is 11.9 Å². The van der Waals surface area contributed by atoms with Crippen LogP contribution in [0.15, 0.2) is 17.4 Å². The van der Waals surface area contributed by atoms with Gasteiger partial charge < -0.3 is 9.47 Å². The van der Waals surface area contributed by atoms with Gasteiger partial charge in [0.1, 0.15) is 5.03 Å². The topological polar surface area (TPSA) is 78.4 Å². The second-order valence-electron chi connectivity index (χ2n) is 3.47. The van der Waals surface area contributed by atoms with Crippen molar-refractivity contribution in [1.82, 2.24) is 9.97 Å². The van der Waals surface area contributed by atoms with Crippen LogP contribution < -0.4 is 0 Å². The second-order valence-corrected chi connectivity index (χ2v) is 4.51. The molecule has 0 amide bonds. The molecule has 0 radical (unpaired) electrons. The van der Waals surface area contributed by atoms with Crippen molar-refractivity contribution in [3.63, 3.8) is 0 Å². The first-order valence-corrected chi connectivity index (χ1v) is 6.18. The van der Waals surface area contributed by atoms with E-state index in [1.165, 1.54) is 38.4 Å². The van der Waals surface area contributed by atoms with Crippen LogP contribution in [0.5, 0.6) is 0 Å². The van der Waals surface area contributed by atoms with Crippen LogP contribution in [0.4, 0.5) is 0 Å². The van der Waals surface area contributed by atoms with Crippen LogP contribution in [0.2, 0.25) is 0 Å². The molecule has 0 fully saturated rings. The predicted molar refractivity (Wildman–Crippen MR) is 65.3 cm³/mol. The summed E-state index contributed by atoms with van der Waals surface area (Å²) in [6.45, 7) is 1.76. The van der Waals surface area contributed by atoms with Gasteiger partial charge in [-0.15, -0.1) is 11.8 Å². The number of carbonyl (C=O) groups is 2. The lowest BCUT2D eigenvalue weighted by atomic mass is 10.2. The minimum atomic E-state index is -0.536. The van der Waals surface area contributed by atoms with E-state index in [2.05, 4.69) is 19.4 Å². The number of hydrogen-bond acceptors (Lipinski definition) is 7. The van der Waals surface area contributed by atoms with Gasteiger partial charge in [-0.2, -0.15) is 0 Å². The zero-order valence-electron chi connectivity index (χ0n) is 10.4. The molecule has 1 aromatic heterocycles. The molecule has 0 aliphatic rings. The summed E-state index contributed by atoms with van der Waals surface area (Å²) in [5.41, 5.74) is 0.147. The molecule has 1 atom stereocenters. The number of ether oxygens (including phenoxy) is 2. The summed E-state index contributed by atoms with van der Waals surface area (Å²) in [5.74, 6) is -0.555. The van der Waals surface area contributed by atoms with E-state index < -0.39 is 5.97 Å². The Hall–Kier alpha value is -1.63. The van der Waals surface area contributed by atoms with E-state index in [0.717, 1.165) is 0 Å². The third kappa shape index (κ3) is 3.99. The number of methoxy groups -OCH3 is 2. The maximum absolute atomic E-state index is 11.3.